The van der Waals surface area contributed by atoms with Gasteiger partial charge < -0.3 is 5.32 Å². The SMILES string of the molecule is Cc1c(C(=O)Nc2cccnc2)cccc1N(C)S(C)(=O)=O. The predicted octanol–water partition coefficient (Wildman–Crippen LogP) is 2.04. The fraction of sp³-hybridized carbons (Fsp3) is 0.200. The highest BCUT2D eigenvalue weighted by Gasteiger charge is 2.18. The molecule has 0 bridgehead atoms. The van der Waals surface area contributed by atoms with Crippen molar-refractivity contribution in [1.29, 1.82) is 0 Å². The number of sulfonamides is 1. The molecule has 0 aliphatic rings. The van der Waals surface area contributed by atoms with E-state index in [0.717, 1.165) is 10.6 Å². The molecule has 0 fully saturated rings. The number of pyridine rings is 1. The molecular weight excluding hydrogens is 302 g/mol. The van der Waals surface area contributed by atoms with E-state index < -0.39 is 10.0 Å². The van der Waals surface area contributed by atoms with Crippen LogP contribution >= 0.6 is 0 Å². The van der Waals surface area contributed by atoms with Crippen LogP contribution in [0, 0.1) is 6.92 Å². The number of carbonyl (C=O) groups excluding carboxylic acids is 1. The van der Waals surface area contributed by atoms with Crippen molar-refractivity contribution in [2.45, 2.75) is 6.92 Å². The van der Waals surface area contributed by atoms with Gasteiger partial charge in [0, 0.05) is 18.8 Å². The Balaban J connectivity index is 2.35. The van der Waals surface area contributed by atoms with Gasteiger partial charge in [0.2, 0.25) is 10.0 Å². The van der Waals surface area contributed by atoms with Crippen molar-refractivity contribution < 1.29 is 13.2 Å². The quantitative estimate of drug-likeness (QED) is 0.935. The topological polar surface area (TPSA) is 79.4 Å². The summed E-state index contributed by atoms with van der Waals surface area (Å²) in [4.78, 5) is 16.3. The first kappa shape index (κ1) is 16.0. The average molecular weight is 319 g/mol. The van der Waals surface area contributed by atoms with Crippen molar-refractivity contribution in [3.63, 3.8) is 0 Å². The van der Waals surface area contributed by atoms with Crippen LogP contribution in [0.3, 0.4) is 0 Å². The first-order valence-electron chi connectivity index (χ1n) is 6.55. The zero-order valence-corrected chi connectivity index (χ0v) is 13.4. The molecule has 0 radical (unpaired) electrons. The lowest BCUT2D eigenvalue weighted by Gasteiger charge is -2.20. The second-order valence-corrected chi connectivity index (χ2v) is 6.89. The number of amides is 1. The van der Waals surface area contributed by atoms with Gasteiger partial charge in [0.05, 0.1) is 23.8 Å². The van der Waals surface area contributed by atoms with Crippen LogP contribution in [-0.2, 0) is 10.0 Å². The van der Waals surface area contributed by atoms with Crippen LogP contribution in [0.1, 0.15) is 15.9 Å². The van der Waals surface area contributed by atoms with Gasteiger partial charge in [0.1, 0.15) is 0 Å². The molecule has 0 saturated heterocycles. The number of aromatic nitrogens is 1. The lowest BCUT2D eigenvalue weighted by atomic mass is 10.1. The zero-order chi connectivity index (χ0) is 16.3. The Morgan fingerprint density at radius 2 is 1.95 bits per heavy atom. The van der Waals surface area contributed by atoms with Gasteiger partial charge in [-0.05, 0) is 36.8 Å². The Kier molecular flexibility index (Phi) is 4.46. The molecule has 0 atom stereocenters. The van der Waals surface area contributed by atoms with Gasteiger partial charge in [-0.1, -0.05) is 6.07 Å². The van der Waals surface area contributed by atoms with E-state index in [2.05, 4.69) is 10.3 Å². The van der Waals surface area contributed by atoms with E-state index >= 15 is 0 Å². The summed E-state index contributed by atoms with van der Waals surface area (Å²) >= 11 is 0. The Hall–Kier alpha value is -2.41. The van der Waals surface area contributed by atoms with Crippen LogP contribution < -0.4 is 9.62 Å². The third-order valence-electron chi connectivity index (χ3n) is 3.31. The molecule has 0 unspecified atom stereocenters. The first-order chi connectivity index (χ1) is 10.3. The summed E-state index contributed by atoms with van der Waals surface area (Å²) in [6.45, 7) is 1.72. The van der Waals surface area contributed by atoms with Gasteiger partial charge in [0.25, 0.3) is 5.91 Å². The van der Waals surface area contributed by atoms with Gasteiger partial charge in [0.15, 0.2) is 0 Å². The van der Waals surface area contributed by atoms with Crippen LogP contribution in [0.15, 0.2) is 42.7 Å². The molecule has 6 nitrogen and oxygen atoms in total. The zero-order valence-electron chi connectivity index (χ0n) is 12.6. The van der Waals surface area contributed by atoms with E-state index in [-0.39, 0.29) is 5.91 Å². The Bertz CT molecular complexity index is 789. The molecule has 7 heteroatoms. The number of rotatable bonds is 4. The molecule has 1 aromatic heterocycles. The van der Waals surface area contributed by atoms with E-state index in [0.29, 0.717) is 22.5 Å². The summed E-state index contributed by atoms with van der Waals surface area (Å²) in [5, 5.41) is 2.73. The van der Waals surface area contributed by atoms with E-state index in [1.54, 1.807) is 49.6 Å². The van der Waals surface area contributed by atoms with E-state index in [1.807, 2.05) is 0 Å². The van der Waals surface area contributed by atoms with E-state index in [9.17, 15) is 13.2 Å². The maximum atomic E-state index is 12.4. The summed E-state index contributed by atoms with van der Waals surface area (Å²) in [7, 11) is -1.93. The molecule has 1 heterocycles. The van der Waals surface area contributed by atoms with Crippen LogP contribution in [0.25, 0.3) is 0 Å². The lowest BCUT2D eigenvalue weighted by molar-refractivity contribution is 0.102. The standard InChI is InChI=1S/C15H17N3O3S/c1-11-13(15(19)17-12-6-5-9-16-10-12)7-4-8-14(11)18(2)22(3,20)21/h4-10H,1-3H3,(H,17,19). The number of nitrogens with one attached hydrogen (secondary N) is 1. The number of carbonyl (C=O) groups is 1. The van der Waals surface area contributed by atoms with Crippen molar-refractivity contribution in [3.8, 4) is 0 Å². The highest BCUT2D eigenvalue weighted by molar-refractivity contribution is 7.92. The van der Waals surface area contributed by atoms with Crippen molar-refractivity contribution in [3.05, 3.63) is 53.9 Å². The Labute approximate surface area is 129 Å². The highest BCUT2D eigenvalue weighted by Crippen LogP contribution is 2.24. The molecule has 116 valence electrons. The van der Waals surface area contributed by atoms with Crippen LogP contribution in [0.4, 0.5) is 11.4 Å². The third kappa shape index (κ3) is 3.43. The minimum atomic E-state index is -3.39. The van der Waals surface area contributed by atoms with Crippen LogP contribution in [-0.4, -0.2) is 32.6 Å². The molecule has 2 aromatic rings. The van der Waals surface area contributed by atoms with Crippen molar-refractivity contribution in [1.82, 2.24) is 4.98 Å². The molecule has 2 rings (SSSR count). The van der Waals surface area contributed by atoms with Crippen molar-refractivity contribution in [2.24, 2.45) is 0 Å². The summed E-state index contributed by atoms with van der Waals surface area (Å²) in [5.41, 5.74) is 2.06. The minimum Gasteiger partial charge on any atom is -0.321 e. The molecule has 1 amide bonds. The van der Waals surface area contributed by atoms with E-state index in [1.165, 1.54) is 7.05 Å². The smallest absolute Gasteiger partial charge is 0.256 e. The molecule has 1 aromatic carbocycles. The fourth-order valence-electron chi connectivity index (χ4n) is 2.02. The van der Waals surface area contributed by atoms with Gasteiger partial charge in [-0.15, -0.1) is 0 Å². The molecule has 0 aliphatic heterocycles. The summed E-state index contributed by atoms with van der Waals surface area (Å²) < 4.78 is 24.5. The molecule has 0 saturated carbocycles. The summed E-state index contributed by atoms with van der Waals surface area (Å²) in [5.74, 6) is -0.311. The number of anilines is 2. The summed E-state index contributed by atoms with van der Waals surface area (Å²) in [6.07, 6.45) is 4.27. The molecule has 22 heavy (non-hydrogen) atoms. The van der Waals surface area contributed by atoms with Gasteiger partial charge in [-0.3, -0.25) is 14.1 Å². The molecular formula is C15H17N3O3S. The van der Waals surface area contributed by atoms with Crippen molar-refractivity contribution in [2.75, 3.05) is 22.9 Å². The maximum absolute atomic E-state index is 12.4. The van der Waals surface area contributed by atoms with Gasteiger partial charge in [-0.2, -0.15) is 0 Å². The van der Waals surface area contributed by atoms with Gasteiger partial charge in [-0.25, -0.2) is 8.42 Å². The summed E-state index contributed by atoms with van der Waals surface area (Å²) in [6, 6.07) is 8.42. The fourth-order valence-corrected chi connectivity index (χ4v) is 2.58. The largest absolute Gasteiger partial charge is 0.321 e. The van der Waals surface area contributed by atoms with Crippen LogP contribution in [0.2, 0.25) is 0 Å². The number of hydrogen-bond donors (Lipinski definition) is 1. The first-order valence-corrected chi connectivity index (χ1v) is 8.40. The molecule has 0 aliphatic carbocycles. The Morgan fingerprint density at radius 3 is 2.55 bits per heavy atom. The average Bonchev–Trinajstić information content (AvgIpc) is 2.46. The number of hydrogen-bond acceptors (Lipinski definition) is 4. The number of benzene rings is 1. The lowest BCUT2D eigenvalue weighted by Crippen LogP contribution is -2.26. The second-order valence-electron chi connectivity index (χ2n) is 4.88. The predicted molar refractivity (Wildman–Crippen MR) is 86.6 cm³/mol. The second kappa shape index (κ2) is 6.15. The van der Waals surface area contributed by atoms with Gasteiger partial charge >= 0.3 is 0 Å². The molecule has 0 spiro atoms. The van der Waals surface area contributed by atoms with Crippen molar-refractivity contribution >= 4 is 27.3 Å². The normalized spacial score (nSPS) is 11.0. The van der Waals surface area contributed by atoms with Crippen LogP contribution in [0.5, 0.6) is 0 Å². The van der Waals surface area contributed by atoms with E-state index in [4.69, 9.17) is 0 Å². The Morgan fingerprint density at radius 1 is 1.23 bits per heavy atom. The highest BCUT2D eigenvalue weighted by atomic mass is 32.2. The number of nitrogens with zero attached hydrogens (tertiary/aromatic N) is 2. The monoisotopic (exact) mass is 319 g/mol. The maximum Gasteiger partial charge on any atom is 0.256 e. The minimum absolute atomic E-state index is 0.311. The third-order valence-corrected chi connectivity index (χ3v) is 4.50. The molecule has 1 N–H and O–H groups in total.